The zero-order chi connectivity index (χ0) is 14.3. The smallest absolute Gasteiger partial charge is 0.132 e. The maximum Gasteiger partial charge on any atom is 0.132 e. The second-order valence-electron chi connectivity index (χ2n) is 6.11. The first kappa shape index (κ1) is 13.8. The summed E-state index contributed by atoms with van der Waals surface area (Å²) in [6.07, 6.45) is 3.61. The second-order valence-corrected chi connectivity index (χ2v) is 6.11. The van der Waals surface area contributed by atoms with Crippen LogP contribution in [0.2, 0.25) is 0 Å². The van der Waals surface area contributed by atoms with Gasteiger partial charge >= 0.3 is 0 Å². The van der Waals surface area contributed by atoms with Crippen LogP contribution in [0.15, 0.2) is 18.2 Å². The zero-order valence-corrected chi connectivity index (χ0v) is 12.1. The highest BCUT2D eigenvalue weighted by Crippen LogP contribution is 2.43. The largest absolute Gasteiger partial charge is 0.497 e. The van der Waals surface area contributed by atoms with Crippen molar-refractivity contribution in [2.45, 2.75) is 43.9 Å². The van der Waals surface area contributed by atoms with E-state index < -0.39 is 6.10 Å². The standard InChI is InChI=1S/C16H22FNO2/c1-18-11-3-4-12(18)8-10(7-11)16(19)14-6-5-13(20-2)9-15(14)17/h5-6,9-12,16,19H,3-4,7-8H2,1-2H3. The van der Waals surface area contributed by atoms with E-state index in [0.29, 0.717) is 23.4 Å². The van der Waals surface area contributed by atoms with Crippen LogP contribution in [0, 0.1) is 11.7 Å². The minimum atomic E-state index is -0.710. The van der Waals surface area contributed by atoms with E-state index in [1.165, 1.54) is 26.0 Å². The van der Waals surface area contributed by atoms with E-state index in [0.717, 1.165) is 12.8 Å². The highest BCUT2D eigenvalue weighted by molar-refractivity contribution is 5.30. The number of methoxy groups -OCH3 is 1. The van der Waals surface area contributed by atoms with Crippen molar-refractivity contribution in [2.24, 2.45) is 5.92 Å². The molecule has 1 N–H and O–H groups in total. The summed E-state index contributed by atoms with van der Waals surface area (Å²) >= 11 is 0. The van der Waals surface area contributed by atoms with Gasteiger partial charge in [0.1, 0.15) is 11.6 Å². The molecule has 0 amide bonds. The molecule has 3 rings (SSSR count). The molecule has 20 heavy (non-hydrogen) atoms. The quantitative estimate of drug-likeness (QED) is 0.923. The van der Waals surface area contributed by atoms with E-state index >= 15 is 0 Å². The van der Waals surface area contributed by atoms with Crippen molar-refractivity contribution in [3.63, 3.8) is 0 Å². The number of piperidine rings is 1. The summed E-state index contributed by atoms with van der Waals surface area (Å²) in [5.74, 6) is 0.275. The van der Waals surface area contributed by atoms with Gasteiger partial charge in [-0.15, -0.1) is 0 Å². The predicted octanol–water partition coefficient (Wildman–Crippen LogP) is 2.74. The fraction of sp³-hybridized carbons (Fsp3) is 0.625. The average molecular weight is 279 g/mol. The molecule has 2 bridgehead atoms. The maximum absolute atomic E-state index is 14.1. The van der Waals surface area contributed by atoms with Crippen molar-refractivity contribution in [1.29, 1.82) is 0 Å². The topological polar surface area (TPSA) is 32.7 Å². The Labute approximate surface area is 119 Å². The Morgan fingerprint density at radius 3 is 2.50 bits per heavy atom. The van der Waals surface area contributed by atoms with Crippen LogP contribution in [-0.4, -0.2) is 36.2 Å². The van der Waals surface area contributed by atoms with Crippen LogP contribution in [-0.2, 0) is 0 Å². The van der Waals surface area contributed by atoms with Gasteiger partial charge in [-0.2, -0.15) is 0 Å². The van der Waals surface area contributed by atoms with Gasteiger partial charge in [-0.3, -0.25) is 0 Å². The van der Waals surface area contributed by atoms with Gasteiger partial charge in [0.15, 0.2) is 0 Å². The molecule has 2 heterocycles. The summed E-state index contributed by atoms with van der Waals surface area (Å²) in [7, 11) is 3.68. The predicted molar refractivity (Wildman–Crippen MR) is 75.2 cm³/mol. The van der Waals surface area contributed by atoms with Gasteiger partial charge in [-0.25, -0.2) is 4.39 Å². The lowest BCUT2D eigenvalue weighted by molar-refractivity contribution is 0.0337. The van der Waals surface area contributed by atoms with Gasteiger partial charge in [0, 0.05) is 23.7 Å². The molecule has 110 valence electrons. The Balaban J connectivity index is 1.78. The lowest BCUT2D eigenvalue weighted by Crippen LogP contribution is -2.41. The van der Waals surface area contributed by atoms with Crippen molar-refractivity contribution in [3.05, 3.63) is 29.6 Å². The Bertz CT molecular complexity index is 479. The number of halogens is 1. The lowest BCUT2D eigenvalue weighted by atomic mass is 9.83. The second kappa shape index (κ2) is 5.34. The molecule has 1 aromatic rings. The van der Waals surface area contributed by atoms with Crippen LogP contribution < -0.4 is 4.74 Å². The number of hydrogen-bond acceptors (Lipinski definition) is 3. The molecule has 0 spiro atoms. The summed E-state index contributed by atoms with van der Waals surface area (Å²) in [5, 5.41) is 10.5. The molecular weight excluding hydrogens is 257 g/mol. The van der Waals surface area contributed by atoms with E-state index in [1.807, 2.05) is 0 Å². The van der Waals surface area contributed by atoms with Gasteiger partial charge in [-0.1, -0.05) is 0 Å². The van der Waals surface area contributed by atoms with Crippen molar-refractivity contribution in [1.82, 2.24) is 4.90 Å². The summed E-state index contributed by atoms with van der Waals surface area (Å²) in [4.78, 5) is 2.42. The van der Waals surface area contributed by atoms with E-state index in [4.69, 9.17) is 4.74 Å². The van der Waals surface area contributed by atoms with Gasteiger partial charge in [0.2, 0.25) is 0 Å². The number of ether oxygens (including phenoxy) is 1. The van der Waals surface area contributed by atoms with Crippen LogP contribution in [0.3, 0.4) is 0 Å². The third-order valence-electron chi connectivity index (χ3n) is 5.11. The number of rotatable bonds is 3. The number of hydrogen-bond donors (Lipinski definition) is 1. The van der Waals surface area contributed by atoms with Gasteiger partial charge < -0.3 is 14.7 Å². The van der Waals surface area contributed by atoms with Crippen LogP contribution >= 0.6 is 0 Å². The summed E-state index contributed by atoms with van der Waals surface area (Å²) in [5.41, 5.74) is 0.403. The molecular formula is C16H22FNO2. The lowest BCUT2D eigenvalue weighted by Gasteiger charge is -2.38. The Hall–Kier alpha value is -1.13. The summed E-state index contributed by atoms with van der Waals surface area (Å²) in [6, 6.07) is 5.82. The van der Waals surface area contributed by atoms with Crippen LogP contribution in [0.4, 0.5) is 4.39 Å². The van der Waals surface area contributed by atoms with Crippen LogP contribution in [0.5, 0.6) is 5.75 Å². The van der Waals surface area contributed by atoms with E-state index in [-0.39, 0.29) is 11.7 Å². The van der Waals surface area contributed by atoms with Crippen molar-refractivity contribution < 1.29 is 14.2 Å². The molecule has 0 radical (unpaired) electrons. The maximum atomic E-state index is 14.1. The van der Waals surface area contributed by atoms with E-state index in [1.54, 1.807) is 12.1 Å². The third-order valence-corrected chi connectivity index (χ3v) is 5.11. The first-order valence-corrected chi connectivity index (χ1v) is 7.33. The summed E-state index contributed by atoms with van der Waals surface area (Å²) < 4.78 is 19.1. The first-order chi connectivity index (χ1) is 9.60. The summed E-state index contributed by atoms with van der Waals surface area (Å²) in [6.45, 7) is 0. The van der Waals surface area contributed by atoms with Crippen LogP contribution in [0.25, 0.3) is 0 Å². The molecule has 0 aliphatic carbocycles. The number of benzene rings is 1. The molecule has 2 fully saturated rings. The molecule has 2 aliphatic rings. The fourth-order valence-corrected chi connectivity index (χ4v) is 3.84. The first-order valence-electron chi connectivity index (χ1n) is 7.33. The Morgan fingerprint density at radius 2 is 1.95 bits per heavy atom. The highest BCUT2D eigenvalue weighted by atomic mass is 19.1. The molecule has 3 unspecified atom stereocenters. The normalized spacial score (nSPS) is 31.3. The Morgan fingerprint density at radius 1 is 1.30 bits per heavy atom. The zero-order valence-electron chi connectivity index (χ0n) is 12.1. The molecule has 2 saturated heterocycles. The molecule has 1 aromatic carbocycles. The SMILES string of the molecule is COc1ccc(C(O)C2CC3CCC(C2)N3C)c(F)c1. The number of aliphatic hydroxyl groups is 1. The molecule has 3 atom stereocenters. The molecule has 4 heteroatoms. The molecule has 0 aromatic heterocycles. The van der Waals surface area contributed by atoms with E-state index in [2.05, 4.69) is 11.9 Å². The van der Waals surface area contributed by atoms with E-state index in [9.17, 15) is 9.50 Å². The van der Waals surface area contributed by atoms with Crippen molar-refractivity contribution in [3.8, 4) is 5.75 Å². The monoisotopic (exact) mass is 279 g/mol. The number of nitrogens with zero attached hydrogens (tertiary/aromatic N) is 1. The van der Waals surface area contributed by atoms with Crippen molar-refractivity contribution in [2.75, 3.05) is 14.2 Å². The molecule has 2 aliphatic heterocycles. The third kappa shape index (κ3) is 2.31. The van der Waals surface area contributed by atoms with Gasteiger partial charge in [0.25, 0.3) is 0 Å². The highest BCUT2D eigenvalue weighted by Gasteiger charge is 2.41. The van der Waals surface area contributed by atoms with Gasteiger partial charge in [-0.05, 0) is 50.8 Å². The average Bonchev–Trinajstić information content (AvgIpc) is 2.67. The molecule has 3 nitrogen and oxygen atoms in total. The van der Waals surface area contributed by atoms with Crippen LogP contribution in [0.1, 0.15) is 37.4 Å². The minimum Gasteiger partial charge on any atom is -0.497 e. The minimum absolute atomic E-state index is 0.159. The van der Waals surface area contributed by atoms with Gasteiger partial charge in [0.05, 0.1) is 13.2 Å². The number of fused-ring (bicyclic) bond motifs is 2. The number of aliphatic hydroxyl groups excluding tert-OH is 1. The van der Waals surface area contributed by atoms with Crippen molar-refractivity contribution >= 4 is 0 Å². The Kier molecular flexibility index (Phi) is 3.69. The fourth-order valence-electron chi connectivity index (χ4n) is 3.84. The molecule has 0 saturated carbocycles.